The number of aromatic hydroxyl groups is 3. The molecule has 6 aromatic rings. The maximum Gasteiger partial charge on any atom is 0.296 e. The molecule has 0 spiro atoms. The van der Waals surface area contributed by atoms with E-state index in [2.05, 4.69) is 36.0 Å². The first-order valence-electron chi connectivity index (χ1n) is 15.8. The van der Waals surface area contributed by atoms with E-state index in [-0.39, 0.29) is 28.1 Å². The zero-order valence-corrected chi connectivity index (χ0v) is 30.3. The minimum absolute atomic E-state index is 0.0373. The average Bonchev–Trinajstić information content (AvgIpc) is 3.17. The fourth-order valence-corrected chi connectivity index (χ4v) is 6.56. The summed E-state index contributed by atoms with van der Waals surface area (Å²) in [4.78, 5) is 19.5. The van der Waals surface area contributed by atoms with Crippen LogP contribution in [0.4, 0.5) is 56.9 Å². The van der Waals surface area contributed by atoms with Crippen molar-refractivity contribution in [1.29, 1.82) is 0 Å². The second-order valence-corrected chi connectivity index (χ2v) is 14.5. The molecule has 0 fully saturated rings. The van der Waals surface area contributed by atoms with Crippen LogP contribution in [0.1, 0.15) is 0 Å². The molecular formula is C34H23N9O13S2. The van der Waals surface area contributed by atoms with Crippen molar-refractivity contribution in [3.63, 3.8) is 0 Å². The number of nitrogens with zero attached hydrogens (tertiary/aromatic N) is 8. The van der Waals surface area contributed by atoms with Gasteiger partial charge < -0.3 is 20.6 Å². The molecule has 6 aromatic carbocycles. The summed E-state index contributed by atoms with van der Waals surface area (Å²) in [5.74, 6) is -2.69. The standard InChI is InChI=1S/C34H23N9O13S2/c44-28-17-29(57(51,52)53)24-15-22(43(49)50)11-12-23(24)31(28)40-39-27-16-26(38-36-19-6-9-21(10-7-19)42(47)48)33(45)32(34(27)46)41-37-20-8-13-25(30(14-20)58(54,55)56)35-18-4-2-1-3-5-18/h1-17,35,44-46H,(H,51,52,53)(H,54,55,56). The first-order chi connectivity index (χ1) is 27.4. The molecule has 0 saturated heterocycles. The third-order valence-electron chi connectivity index (χ3n) is 7.88. The summed E-state index contributed by atoms with van der Waals surface area (Å²) >= 11 is 0. The van der Waals surface area contributed by atoms with Crippen molar-refractivity contribution in [2.45, 2.75) is 9.79 Å². The van der Waals surface area contributed by atoms with Gasteiger partial charge in [0.2, 0.25) is 0 Å². The van der Waals surface area contributed by atoms with Crippen LogP contribution >= 0.6 is 0 Å². The number of hydrogen-bond acceptors (Lipinski definition) is 18. The Morgan fingerprint density at radius 2 is 1.09 bits per heavy atom. The van der Waals surface area contributed by atoms with Crippen molar-refractivity contribution in [2.24, 2.45) is 30.7 Å². The molecule has 0 atom stereocenters. The van der Waals surface area contributed by atoms with Crippen LogP contribution in [0.25, 0.3) is 10.8 Å². The third kappa shape index (κ3) is 8.68. The topological polar surface area (TPSA) is 342 Å². The lowest BCUT2D eigenvalue weighted by Gasteiger charge is -2.11. The van der Waals surface area contributed by atoms with Crippen LogP contribution in [0.5, 0.6) is 17.2 Å². The molecule has 58 heavy (non-hydrogen) atoms. The molecular weight excluding hydrogens is 807 g/mol. The lowest BCUT2D eigenvalue weighted by atomic mass is 10.1. The predicted octanol–water partition coefficient (Wildman–Crippen LogP) is 9.26. The highest BCUT2D eigenvalue weighted by Crippen LogP contribution is 2.51. The van der Waals surface area contributed by atoms with Gasteiger partial charge in [-0.3, -0.25) is 29.3 Å². The van der Waals surface area contributed by atoms with E-state index < -0.39 is 90.9 Å². The molecule has 0 aliphatic rings. The van der Waals surface area contributed by atoms with Crippen molar-refractivity contribution < 1.29 is 51.1 Å². The van der Waals surface area contributed by atoms with E-state index in [0.717, 1.165) is 42.5 Å². The normalized spacial score (nSPS) is 12.2. The summed E-state index contributed by atoms with van der Waals surface area (Å²) in [6.45, 7) is 0. The maximum atomic E-state index is 12.3. The van der Waals surface area contributed by atoms with Gasteiger partial charge in [-0.2, -0.15) is 27.1 Å². The van der Waals surface area contributed by atoms with Gasteiger partial charge in [0.05, 0.1) is 26.9 Å². The number of phenols is 3. The second-order valence-electron chi connectivity index (χ2n) is 11.7. The lowest BCUT2D eigenvalue weighted by molar-refractivity contribution is -0.385. The number of hydrogen-bond donors (Lipinski definition) is 6. The van der Waals surface area contributed by atoms with Crippen molar-refractivity contribution in [2.75, 3.05) is 5.32 Å². The number of fused-ring (bicyclic) bond motifs is 1. The molecule has 0 heterocycles. The molecule has 22 nitrogen and oxygen atoms in total. The maximum absolute atomic E-state index is 12.3. The Hall–Kier alpha value is -7.80. The zero-order valence-electron chi connectivity index (χ0n) is 28.7. The summed E-state index contributed by atoms with van der Waals surface area (Å²) in [6.07, 6.45) is 0. The van der Waals surface area contributed by atoms with E-state index >= 15 is 0 Å². The number of benzene rings is 6. The number of para-hydroxylation sites is 1. The van der Waals surface area contributed by atoms with Crippen LogP contribution in [-0.2, 0) is 20.2 Å². The summed E-state index contributed by atoms with van der Waals surface area (Å²) in [6, 6.07) is 20.9. The number of nitrogens with one attached hydrogen (secondary N) is 1. The van der Waals surface area contributed by atoms with Crippen LogP contribution in [-0.4, -0.2) is 51.1 Å². The van der Waals surface area contributed by atoms with Gasteiger partial charge >= 0.3 is 0 Å². The van der Waals surface area contributed by atoms with Crippen LogP contribution < -0.4 is 5.32 Å². The summed E-state index contributed by atoms with van der Waals surface area (Å²) < 4.78 is 68.6. The van der Waals surface area contributed by atoms with Crippen LogP contribution in [0.15, 0.2) is 144 Å². The van der Waals surface area contributed by atoms with Gasteiger partial charge in [0.15, 0.2) is 17.2 Å². The van der Waals surface area contributed by atoms with Crippen LogP contribution in [0.2, 0.25) is 0 Å². The zero-order chi connectivity index (χ0) is 41.9. The first-order valence-corrected chi connectivity index (χ1v) is 18.7. The minimum atomic E-state index is -5.05. The van der Waals surface area contributed by atoms with Crippen molar-refractivity contribution in [1.82, 2.24) is 0 Å². The molecule has 0 unspecified atom stereocenters. The second kappa shape index (κ2) is 15.7. The Bertz CT molecular complexity index is 2960. The quantitative estimate of drug-likeness (QED) is 0.0290. The summed E-state index contributed by atoms with van der Waals surface area (Å²) in [7, 11) is -9.90. The Morgan fingerprint density at radius 3 is 1.69 bits per heavy atom. The highest BCUT2D eigenvalue weighted by molar-refractivity contribution is 7.86. The lowest BCUT2D eigenvalue weighted by Crippen LogP contribution is -2.03. The average molecular weight is 830 g/mol. The summed E-state index contributed by atoms with van der Waals surface area (Å²) in [5, 5.41) is 81.2. The third-order valence-corrected chi connectivity index (χ3v) is 9.67. The van der Waals surface area contributed by atoms with E-state index in [1.807, 2.05) is 0 Å². The van der Waals surface area contributed by atoms with Crippen molar-refractivity contribution >= 4 is 87.9 Å². The van der Waals surface area contributed by atoms with E-state index in [9.17, 15) is 61.5 Å². The molecule has 0 aromatic heterocycles. The van der Waals surface area contributed by atoms with Gasteiger partial charge in [0.1, 0.15) is 32.6 Å². The predicted molar refractivity (Wildman–Crippen MR) is 203 cm³/mol. The number of nitro groups is 2. The number of non-ortho nitro benzene ring substituents is 2. The van der Waals surface area contributed by atoms with Crippen molar-refractivity contribution in [3.8, 4) is 17.2 Å². The molecule has 0 saturated carbocycles. The monoisotopic (exact) mass is 829 g/mol. The molecule has 6 rings (SSSR count). The van der Waals surface area contributed by atoms with Crippen LogP contribution in [0, 0.1) is 20.2 Å². The highest BCUT2D eigenvalue weighted by Gasteiger charge is 2.24. The molecule has 0 aliphatic carbocycles. The van der Waals surface area contributed by atoms with Gasteiger partial charge in [-0.25, -0.2) is 0 Å². The van der Waals surface area contributed by atoms with Crippen molar-refractivity contribution in [3.05, 3.63) is 123 Å². The van der Waals surface area contributed by atoms with Gasteiger partial charge in [0, 0.05) is 52.9 Å². The van der Waals surface area contributed by atoms with Gasteiger partial charge in [-0.1, -0.05) is 18.2 Å². The number of anilines is 2. The largest absolute Gasteiger partial charge is 0.506 e. The number of phenolic OH excluding ortho intramolecular Hbond substituents is 3. The Balaban J connectivity index is 1.48. The van der Waals surface area contributed by atoms with Gasteiger partial charge in [-0.05, 0) is 48.5 Å². The van der Waals surface area contributed by atoms with Gasteiger partial charge in [0.25, 0.3) is 31.6 Å². The Morgan fingerprint density at radius 1 is 0.534 bits per heavy atom. The fraction of sp³-hybridized carbons (Fsp3) is 0. The summed E-state index contributed by atoms with van der Waals surface area (Å²) in [5.41, 5.74) is -2.81. The highest BCUT2D eigenvalue weighted by atomic mass is 32.2. The smallest absolute Gasteiger partial charge is 0.296 e. The molecule has 294 valence electrons. The molecule has 0 aliphatic heterocycles. The van der Waals surface area contributed by atoms with E-state index in [4.69, 9.17) is 0 Å². The molecule has 0 amide bonds. The fourth-order valence-electron chi connectivity index (χ4n) is 5.18. The molecule has 24 heteroatoms. The van der Waals surface area contributed by atoms with E-state index in [0.29, 0.717) is 11.8 Å². The minimum Gasteiger partial charge on any atom is -0.506 e. The first kappa shape index (κ1) is 39.9. The Kier molecular flexibility index (Phi) is 10.8. The molecule has 0 bridgehead atoms. The Labute approximate surface area is 324 Å². The molecule has 6 N–H and O–H groups in total. The van der Waals surface area contributed by atoms with Crippen LogP contribution in [0.3, 0.4) is 0 Å². The van der Waals surface area contributed by atoms with E-state index in [1.165, 1.54) is 24.3 Å². The van der Waals surface area contributed by atoms with E-state index in [1.54, 1.807) is 30.3 Å². The number of nitro benzene ring substituents is 2. The van der Waals surface area contributed by atoms with Gasteiger partial charge in [-0.15, -0.1) is 20.5 Å². The number of rotatable bonds is 12. The number of azo groups is 3. The molecule has 0 radical (unpaired) electrons. The SMILES string of the molecule is O=[N+]([O-])c1ccc(N=Nc2cc(N=Nc3c(O)cc(S(=O)(=O)O)c4cc([N+](=O)[O-])ccc34)c(O)c(N=Nc3ccc(Nc4ccccc4)c(S(=O)(=O)O)c3)c2O)cc1.